The second kappa shape index (κ2) is 9.45. The fraction of sp³-hybridized carbons (Fsp3) is 0.375. The molecule has 0 saturated carbocycles. The predicted molar refractivity (Wildman–Crippen MR) is 90.7 cm³/mol. The lowest BCUT2D eigenvalue weighted by Gasteiger charge is -2.01. The number of aromatic nitrogens is 2. The Labute approximate surface area is 141 Å². The summed E-state index contributed by atoms with van der Waals surface area (Å²) >= 11 is 6.36. The van der Waals surface area contributed by atoms with Crippen LogP contribution < -0.4 is 5.73 Å². The molecule has 0 bridgehead atoms. The summed E-state index contributed by atoms with van der Waals surface area (Å²) in [5.74, 6) is 0. The number of aliphatic imine (C=N–C) groups is 1. The van der Waals surface area contributed by atoms with Crippen molar-refractivity contribution in [3.8, 4) is 12.1 Å². The van der Waals surface area contributed by atoms with Crippen molar-refractivity contribution in [2.24, 2.45) is 10.7 Å². The Bertz CT molecular complexity index is 699. The summed E-state index contributed by atoms with van der Waals surface area (Å²) in [6.07, 6.45) is 6.85. The summed E-state index contributed by atoms with van der Waals surface area (Å²) in [5.41, 5.74) is 6.38. The molecule has 0 fully saturated rings. The monoisotopic (exact) mass is 330 g/mol. The normalized spacial score (nSPS) is 11.8. The van der Waals surface area contributed by atoms with E-state index in [-0.39, 0.29) is 11.4 Å². The first-order valence-electron chi connectivity index (χ1n) is 7.29. The predicted octanol–water partition coefficient (Wildman–Crippen LogP) is 3.09. The molecule has 0 atom stereocenters. The minimum atomic E-state index is -0.236. The molecule has 0 amide bonds. The first-order valence-corrected chi connectivity index (χ1v) is 7.66. The zero-order valence-electron chi connectivity index (χ0n) is 13.1. The number of hydrogen-bond donors (Lipinski definition) is 1. The molecular formula is C16H19ClN6. The van der Waals surface area contributed by atoms with Gasteiger partial charge >= 0.3 is 0 Å². The maximum atomic E-state index is 8.97. The van der Waals surface area contributed by atoms with Gasteiger partial charge in [-0.05, 0) is 6.42 Å². The van der Waals surface area contributed by atoms with Crippen molar-refractivity contribution >= 4 is 17.8 Å². The van der Waals surface area contributed by atoms with E-state index in [0.717, 1.165) is 25.0 Å². The third kappa shape index (κ3) is 4.98. The van der Waals surface area contributed by atoms with E-state index in [4.69, 9.17) is 27.9 Å². The first-order chi connectivity index (χ1) is 11.1. The van der Waals surface area contributed by atoms with Crippen LogP contribution in [-0.2, 0) is 13.0 Å². The molecule has 0 radical (unpaired) electrons. The van der Waals surface area contributed by atoms with Crippen molar-refractivity contribution in [1.82, 2.24) is 9.78 Å². The fourth-order valence-corrected chi connectivity index (χ4v) is 2.20. The van der Waals surface area contributed by atoms with E-state index >= 15 is 0 Å². The van der Waals surface area contributed by atoms with Crippen molar-refractivity contribution in [3.05, 3.63) is 40.5 Å². The highest BCUT2D eigenvalue weighted by Crippen LogP contribution is 2.20. The van der Waals surface area contributed by atoms with E-state index in [9.17, 15) is 0 Å². The van der Waals surface area contributed by atoms with Gasteiger partial charge in [0.05, 0.1) is 11.3 Å². The number of nitrogens with zero attached hydrogens (tertiary/aromatic N) is 5. The van der Waals surface area contributed by atoms with Crippen LogP contribution in [0.2, 0.25) is 5.15 Å². The molecule has 1 aromatic heterocycles. The highest BCUT2D eigenvalue weighted by molar-refractivity contribution is 6.32. The van der Waals surface area contributed by atoms with Crippen LogP contribution in [0.5, 0.6) is 0 Å². The lowest BCUT2D eigenvalue weighted by Crippen LogP contribution is -2.00. The molecule has 6 nitrogen and oxygen atoms in total. The third-order valence-electron chi connectivity index (χ3n) is 3.12. The highest BCUT2D eigenvalue weighted by atomic mass is 35.5. The second-order valence-corrected chi connectivity index (χ2v) is 5.18. The van der Waals surface area contributed by atoms with Crippen LogP contribution in [0.1, 0.15) is 37.4 Å². The van der Waals surface area contributed by atoms with Crippen LogP contribution in [-0.4, -0.2) is 16.0 Å². The Balaban J connectivity index is 3.16. The summed E-state index contributed by atoms with van der Waals surface area (Å²) in [7, 11) is 0. The van der Waals surface area contributed by atoms with Crippen LogP contribution in [0.4, 0.5) is 0 Å². The van der Waals surface area contributed by atoms with Gasteiger partial charge in [0.25, 0.3) is 0 Å². The number of rotatable bonds is 8. The summed E-state index contributed by atoms with van der Waals surface area (Å²) in [6.45, 7) is 6.54. The largest absolute Gasteiger partial charge is 0.388 e. The number of nitriles is 2. The van der Waals surface area contributed by atoms with E-state index in [1.165, 1.54) is 6.21 Å². The molecule has 0 aliphatic rings. The lowest BCUT2D eigenvalue weighted by atomic mass is 10.2. The van der Waals surface area contributed by atoms with Crippen LogP contribution >= 0.6 is 11.6 Å². The summed E-state index contributed by atoms with van der Waals surface area (Å²) in [4.78, 5) is 3.97. The topological polar surface area (TPSA) is 104 Å². The number of allylic oxidation sites excluding steroid dienone is 3. The Hall–Kier alpha value is -2.57. The van der Waals surface area contributed by atoms with Gasteiger partial charge in [-0.25, -0.2) is 4.99 Å². The van der Waals surface area contributed by atoms with Crippen LogP contribution in [0, 0.1) is 22.7 Å². The zero-order chi connectivity index (χ0) is 17.2. The Morgan fingerprint density at radius 2 is 2.17 bits per heavy atom. The standard InChI is InChI=1S/C16H19ClN6/c1-3-5-6-8-23-16(17)12(14(22-23)7-4-2)11-21-15(10-19)13(20)9-18/h4,11H,2-3,5-8,20H2,1H3/b15-13-,21-11?. The molecule has 7 heteroatoms. The van der Waals surface area contributed by atoms with Crippen molar-refractivity contribution in [2.75, 3.05) is 0 Å². The summed E-state index contributed by atoms with van der Waals surface area (Å²) in [6, 6.07) is 3.48. The van der Waals surface area contributed by atoms with E-state index in [1.54, 1.807) is 22.9 Å². The molecule has 120 valence electrons. The quantitative estimate of drug-likeness (QED) is 0.342. The molecular weight excluding hydrogens is 312 g/mol. The molecule has 0 aliphatic heterocycles. The molecule has 0 aliphatic carbocycles. The molecule has 1 heterocycles. The lowest BCUT2D eigenvalue weighted by molar-refractivity contribution is 0.550. The molecule has 2 N–H and O–H groups in total. The van der Waals surface area contributed by atoms with Gasteiger partial charge in [0.15, 0.2) is 5.70 Å². The third-order valence-corrected chi connectivity index (χ3v) is 3.52. The summed E-state index contributed by atoms with van der Waals surface area (Å²) < 4.78 is 1.72. The number of aryl methyl sites for hydroxylation is 1. The summed E-state index contributed by atoms with van der Waals surface area (Å²) in [5, 5.41) is 22.6. The van der Waals surface area contributed by atoms with Gasteiger partial charge in [-0.1, -0.05) is 37.4 Å². The minimum absolute atomic E-state index is 0.146. The molecule has 23 heavy (non-hydrogen) atoms. The Morgan fingerprint density at radius 1 is 1.43 bits per heavy atom. The van der Waals surface area contributed by atoms with Gasteiger partial charge < -0.3 is 5.73 Å². The average Bonchev–Trinajstić information content (AvgIpc) is 2.84. The first kappa shape index (κ1) is 18.5. The molecule has 0 spiro atoms. The van der Waals surface area contributed by atoms with E-state index in [1.807, 2.05) is 0 Å². The van der Waals surface area contributed by atoms with Crippen molar-refractivity contribution < 1.29 is 0 Å². The second-order valence-electron chi connectivity index (χ2n) is 4.82. The number of nitrogens with two attached hydrogens (primary N) is 1. The van der Waals surface area contributed by atoms with Crippen molar-refractivity contribution in [3.63, 3.8) is 0 Å². The smallest absolute Gasteiger partial charge is 0.174 e. The van der Waals surface area contributed by atoms with Gasteiger partial charge in [-0.15, -0.1) is 6.58 Å². The fourth-order valence-electron chi connectivity index (χ4n) is 1.92. The minimum Gasteiger partial charge on any atom is -0.388 e. The molecule has 1 aromatic rings. The maximum Gasteiger partial charge on any atom is 0.174 e. The maximum absolute atomic E-state index is 8.97. The number of halogens is 1. The molecule has 1 rings (SSSR count). The SMILES string of the molecule is C=CCc1nn(CCCCC)c(Cl)c1C=N/C(C#N)=C(\N)C#N. The molecule has 0 aromatic carbocycles. The van der Waals surface area contributed by atoms with E-state index < -0.39 is 0 Å². The Kier molecular flexibility index (Phi) is 7.59. The van der Waals surface area contributed by atoms with E-state index in [2.05, 4.69) is 23.6 Å². The van der Waals surface area contributed by atoms with Crippen LogP contribution in [0.3, 0.4) is 0 Å². The average molecular weight is 331 g/mol. The van der Waals surface area contributed by atoms with Gasteiger partial charge in [0.2, 0.25) is 0 Å². The number of unbranched alkanes of at least 4 members (excludes halogenated alkanes) is 2. The van der Waals surface area contributed by atoms with E-state index in [0.29, 0.717) is 23.7 Å². The van der Waals surface area contributed by atoms with Gasteiger partial charge in [-0.3, -0.25) is 4.68 Å². The van der Waals surface area contributed by atoms with Crippen molar-refractivity contribution in [1.29, 1.82) is 10.5 Å². The zero-order valence-corrected chi connectivity index (χ0v) is 13.8. The number of hydrogen-bond acceptors (Lipinski definition) is 5. The van der Waals surface area contributed by atoms with Gasteiger partial charge in [-0.2, -0.15) is 15.6 Å². The highest BCUT2D eigenvalue weighted by Gasteiger charge is 2.14. The van der Waals surface area contributed by atoms with Crippen LogP contribution in [0.15, 0.2) is 29.0 Å². The van der Waals surface area contributed by atoms with Crippen molar-refractivity contribution in [2.45, 2.75) is 39.2 Å². The Morgan fingerprint density at radius 3 is 2.74 bits per heavy atom. The van der Waals surface area contributed by atoms with Gasteiger partial charge in [0, 0.05) is 19.2 Å². The molecule has 0 unspecified atom stereocenters. The molecule has 0 saturated heterocycles. The van der Waals surface area contributed by atoms with Crippen LogP contribution in [0.25, 0.3) is 0 Å². The van der Waals surface area contributed by atoms with Gasteiger partial charge in [0.1, 0.15) is 23.0 Å².